The van der Waals surface area contributed by atoms with Crippen molar-refractivity contribution < 1.29 is 14.3 Å². The Hall–Kier alpha value is -3.96. The van der Waals surface area contributed by atoms with Gasteiger partial charge in [0.25, 0.3) is 5.91 Å². The third kappa shape index (κ3) is 4.79. The monoisotopic (exact) mass is 428 g/mol. The van der Waals surface area contributed by atoms with Gasteiger partial charge >= 0.3 is 5.97 Å². The molecule has 0 spiro atoms. The first-order valence-electron chi connectivity index (χ1n) is 9.50. The average Bonchev–Trinajstić information content (AvgIpc) is 2.79. The van der Waals surface area contributed by atoms with Crippen molar-refractivity contribution in [3.63, 3.8) is 0 Å². The number of hydrogen-bond donors (Lipinski definition) is 1. The topological polar surface area (TPSA) is 67.8 Å². The molecule has 0 heterocycles. The predicted octanol–water partition coefficient (Wildman–Crippen LogP) is 5.48. The van der Waals surface area contributed by atoms with Crippen LogP contribution in [0, 0.1) is 0 Å². The number of hydrogen-bond acceptors (Lipinski definition) is 4. The van der Waals surface area contributed by atoms with Crippen LogP contribution >= 0.6 is 11.6 Å². The van der Waals surface area contributed by atoms with Gasteiger partial charge in [0.05, 0.1) is 11.8 Å². The first-order valence-corrected chi connectivity index (χ1v) is 9.87. The first-order chi connectivity index (χ1) is 15.1. The Balaban J connectivity index is 1.51. The molecule has 0 unspecified atom stereocenters. The number of fused-ring (bicyclic) bond motifs is 1. The summed E-state index contributed by atoms with van der Waals surface area (Å²) in [5, 5.41) is 6.21. The van der Waals surface area contributed by atoms with Crippen molar-refractivity contribution >= 4 is 40.5 Å². The number of carbonyl (C=O) groups is 2. The summed E-state index contributed by atoms with van der Waals surface area (Å²) >= 11 is 5.91. The molecule has 4 rings (SSSR count). The van der Waals surface area contributed by atoms with E-state index in [1.807, 2.05) is 36.4 Å². The second-order valence-corrected chi connectivity index (χ2v) is 7.10. The van der Waals surface area contributed by atoms with Crippen molar-refractivity contribution in [2.24, 2.45) is 5.10 Å². The molecule has 0 radical (unpaired) electrons. The zero-order chi connectivity index (χ0) is 21.6. The molecule has 31 heavy (non-hydrogen) atoms. The minimum absolute atomic E-state index is 0.334. The number of nitrogens with zero attached hydrogens (tertiary/aromatic N) is 1. The molecule has 4 aromatic carbocycles. The van der Waals surface area contributed by atoms with E-state index >= 15 is 0 Å². The average molecular weight is 429 g/mol. The number of amides is 1. The van der Waals surface area contributed by atoms with Crippen molar-refractivity contribution in [3.8, 4) is 5.75 Å². The van der Waals surface area contributed by atoms with Gasteiger partial charge in [-0.3, -0.25) is 4.79 Å². The van der Waals surface area contributed by atoms with Crippen LogP contribution in [0.15, 0.2) is 96.1 Å². The van der Waals surface area contributed by atoms with Gasteiger partial charge in [-0.25, -0.2) is 10.2 Å². The molecule has 5 nitrogen and oxygen atoms in total. The van der Waals surface area contributed by atoms with Gasteiger partial charge in [-0.2, -0.15) is 5.10 Å². The van der Waals surface area contributed by atoms with Gasteiger partial charge in [-0.15, -0.1) is 0 Å². The summed E-state index contributed by atoms with van der Waals surface area (Å²) in [6.45, 7) is 0. The molecule has 6 heteroatoms. The predicted molar refractivity (Wildman–Crippen MR) is 122 cm³/mol. The summed E-state index contributed by atoms with van der Waals surface area (Å²) < 4.78 is 5.64. The maximum absolute atomic E-state index is 12.8. The van der Waals surface area contributed by atoms with Crippen LogP contribution in [0.3, 0.4) is 0 Å². The largest absolute Gasteiger partial charge is 0.422 e. The van der Waals surface area contributed by atoms with Crippen molar-refractivity contribution in [3.05, 3.63) is 113 Å². The van der Waals surface area contributed by atoms with Crippen LogP contribution < -0.4 is 10.2 Å². The van der Waals surface area contributed by atoms with Gasteiger partial charge < -0.3 is 4.74 Å². The van der Waals surface area contributed by atoms with Gasteiger partial charge in [0.15, 0.2) is 0 Å². The van der Waals surface area contributed by atoms with E-state index in [0.717, 1.165) is 10.8 Å². The van der Waals surface area contributed by atoms with Crippen molar-refractivity contribution in [2.75, 3.05) is 0 Å². The molecule has 1 N–H and O–H groups in total. The van der Waals surface area contributed by atoms with E-state index in [1.165, 1.54) is 6.21 Å². The molecule has 0 saturated heterocycles. The van der Waals surface area contributed by atoms with Gasteiger partial charge in [-0.1, -0.05) is 66.2 Å². The summed E-state index contributed by atoms with van der Waals surface area (Å²) in [4.78, 5) is 25.0. The summed E-state index contributed by atoms with van der Waals surface area (Å²) in [6, 6.07) is 26.6. The SMILES string of the molecule is O=C(N/N=C\c1ccccc1OC(=O)c1cccc2ccccc12)c1cccc(Cl)c1. The molecule has 0 aromatic heterocycles. The third-order valence-corrected chi connectivity index (χ3v) is 4.82. The smallest absolute Gasteiger partial charge is 0.344 e. The summed E-state index contributed by atoms with van der Waals surface area (Å²) in [6.07, 6.45) is 1.42. The summed E-state index contributed by atoms with van der Waals surface area (Å²) in [7, 11) is 0. The fourth-order valence-corrected chi connectivity index (χ4v) is 3.28. The van der Waals surface area contributed by atoms with E-state index in [-0.39, 0.29) is 0 Å². The van der Waals surface area contributed by atoms with E-state index in [1.54, 1.807) is 54.6 Å². The van der Waals surface area contributed by atoms with Gasteiger partial charge in [0.2, 0.25) is 0 Å². The Kier molecular flexibility index (Phi) is 6.05. The fourth-order valence-electron chi connectivity index (χ4n) is 3.09. The number of halogens is 1. The second kappa shape index (κ2) is 9.24. The highest BCUT2D eigenvalue weighted by Gasteiger charge is 2.14. The van der Waals surface area contributed by atoms with Crippen LogP contribution in [0.2, 0.25) is 5.02 Å². The first kappa shape index (κ1) is 20.3. The maximum Gasteiger partial charge on any atom is 0.344 e. The summed E-state index contributed by atoms with van der Waals surface area (Å²) in [5.41, 5.74) is 3.85. The Morgan fingerprint density at radius 2 is 1.61 bits per heavy atom. The highest BCUT2D eigenvalue weighted by Crippen LogP contribution is 2.22. The highest BCUT2D eigenvalue weighted by atomic mass is 35.5. The van der Waals surface area contributed by atoms with Crippen LogP contribution in [0.25, 0.3) is 10.8 Å². The Morgan fingerprint density at radius 1 is 0.871 bits per heavy atom. The van der Waals surface area contributed by atoms with Crippen molar-refractivity contribution in [1.82, 2.24) is 5.43 Å². The highest BCUT2D eigenvalue weighted by molar-refractivity contribution is 6.31. The molecule has 1 amide bonds. The minimum atomic E-state index is -0.472. The van der Waals surface area contributed by atoms with E-state index in [4.69, 9.17) is 16.3 Å². The molecule has 4 aromatic rings. The molecule has 0 aliphatic rings. The van der Waals surface area contributed by atoms with Crippen molar-refractivity contribution in [2.45, 2.75) is 0 Å². The molecule has 0 atom stereocenters. The molecule has 0 aliphatic heterocycles. The van der Waals surface area contributed by atoms with Gasteiger partial charge in [0.1, 0.15) is 5.75 Å². The van der Waals surface area contributed by atoms with Crippen LogP contribution in [0.5, 0.6) is 5.75 Å². The third-order valence-electron chi connectivity index (χ3n) is 4.59. The Labute approximate surface area is 183 Å². The fraction of sp³-hybridized carbons (Fsp3) is 0. The molecule has 0 aliphatic carbocycles. The number of ether oxygens (including phenoxy) is 1. The second-order valence-electron chi connectivity index (χ2n) is 6.66. The number of esters is 1. The van der Waals surface area contributed by atoms with Crippen LogP contribution in [-0.2, 0) is 0 Å². The number of carbonyl (C=O) groups excluding carboxylic acids is 2. The number of para-hydroxylation sites is 1. The lowest BCUT2D eigenvalue weighted by Gasteiger charge is -2.09. The number of rotatable bonds is 5. The summed E-state index contributed by atoms with van der Waals surface area (Å²) in [5.74, 6) is -0.536. The Bertz CT molecular complexity index is 1300. The van der Waals surface area contributed by atoms with Gasteiger partial charge in [0, 0.05) is 16.1 Å². The molecule has 0 fully saturated rings. The minimum Gasteiger partial charge on any atom is -0.422 e. The lowest BCUT2D eigenvalue weighted by Crippen LogP contribution is -2.17. The zero-order valence-electron chi connectivity index (χ0n) is 16.3. The molecular formula is C25H17ClN2O3. The number of hydrazone groups is 1. The molecule has 152 valence electrons. The van der Waals surface area contributed by atoms with Gasteiger partial charge in [-0.05, 0) is 47.2 Å². The van der Waals surface area contributed by atoms with E-state index in [0.29, 0.717) is 27.5 Å². The number of benzene rings is 4. The quantitative estimate of drug-likeness (QED) is 0.198. The van der Waals surface area contributed by atoms with Crippen LogP contribution in [0.4, 0.5) is 0 Å². The normalized spacial score (nSPS) is 10.9. The molecule has 0 bridgehead atoms. The lowest BCUT2D eigenvalue weighted by molar-refractivity contribution is 0.0736. The molecule has 0 saturated carbocycles. The van der Waals surface area contributed by atoms with Crippen molar-refractivity contribution in [1.29, 1.82) is 0 Å². The van der Waals surface area contributed by atoms with Crippen LogP contribution in [0.1, 0.15) is 26.3 Å². The standard InChI is InChI=1S/C25H17ClN2O3/c26-20-11-5-10-18(15-20)24(29)28-27-16-19-8-2-4-14-23(19)31-25(30)22-13-6-9-17-7-1-3-12-21(17)22/h1-16H,(H,28,29)/b27-16-. The lowest BCUT2D eigenvalue weighted by atomic mass is 10.0. The van der Waals surface area contributed by atoms with E-state index < -0.39 is 11.9 Å². The Morgan fingerprint density at radius 3 is 2.48 bits per heavy atom. The zero-order valence-corrected chi connectivity index (χ0v) is 17.0. The van der Waals surface area contributed by atoms with Crippen LogP contribution in [-0.4, -0.2) is 18.1 Å². The maximum atomic E-state index is 12.8. The number of nitrogens with one attached hydrogen (secondary N) is 1. The van der Waals surface area contributed by atoms with E-state index in [2.05, 4.69) is 10.5 Å². The molecular weight excluding hydrogens is 412 g/mol. The van der Waals surface area contributed by atoms with E-state index in [9.17, 15) is 9.59 Å².